The highest BCUT2D eigenvalue weighted by atomic mass is 32.2. The Morgan fingerprint density at radius 2 is 1.36 bits per heavy atom. The Morgan fingerprint density at radius 3 is 1.73 bits per heavy atom. The second-order valence-electron chi connectivity index (χ2n) is 3.73. The van der Waals surface area contributed by atoms with Gasteiger partial charge in [0.25, 0.3) is 0 Å². The number of thioether (sulfide) groups is 2. The predicted molar refractivity (Wildman–Crippen MR) is 55.4 cm³/mol. The van der Waals surface area contributed by atoms with Crippen molar-refractivity contribution in [1.29, 1.82) is 0 Å². The Hall–Kier alpha value is 0.700. The van der Waals surface area contributed by atoms with E-state index in [1.54, 1.807) is 0 Å². The van der Waals surface area contributed by atoms with Gasteiger partial charge in [0.05, 0.1) is 0 Å². The summed E-state index contributed by atoms with van der Waals surface area (Å²) in [6, 6.07) is 0. The zero-order valence-electron chi connectivity index (χ0n) is 7.25. The highest BCUT2D eigenvalue weighted by Gasteiger charge is 2.46. The lowest BCUT2D eigenvalue weighted by molar-refractivity contribution is 0.505. The Bertz CT molecular complexity index is 130. The van der Waals surface area contributed by atoms with Crippen LogP contribution in [0.25, 0.3) is 0 Å². The summed E-state index contributed by atoms with van der Waals surface area (Å²) in [5.41, 5.74) is 0. The average Bonchev–Trinajstić information content (AvgIpc) is 2.60. The molecule has 4 atom stereocenters. The molecule has 0 spiro atoms. The van der Waals surface area contributed by atoms with E-state index in [4.69, 9.17) is 0 Å². The minimum atomic E-state index is 0.990. The van der Waals surface area contributed by atoms with Crippen molar-refractivity contribution in [3.8, 4) is 0 Å². The van der Waals surface area contributed by atoms with Gasteiger partial charge >= 0.3 is 0 Å². The van der Waals surface area contributed by atoms with Gasteiger partial charge in [0.2, 0.25) is 0 Å². The summed E-state index contributed by atoms with van der Waals surface area (Å²) in [5.74, 6) is 2.15. The third kappa shape index (κ3) is 1.23. The molecule has 0 saturated heterocycles. The molecule has 64 valence electrons. The first-order valence-corrected chi connectivity index (χ1v) is 7.00. The first-order chi connectivity index (χ1) is 5.36. The van der Waals surface area contributed by atoms with Gasteiger partial charge in [0.1, 0.15) is 0 Å². The number of fused-ring (bicyclic) bond motifs is 2. The van der Waals surface area contributed by atoms with Gasteiger partial charge in [-0.05, 0) is 43.6 Å². The first kappa shape index (κ1) is 8.31. The van der Waals surface area contributed by atoms with Gasteiger partial charge in [-0.3, -0.25) is 0 Å². The highest BCUT2D eigenvalue weighted by molar-refractivity contribution is 8.03. The van der Waals surface area contributed by atoms with E-state index >= 15 is 0 Å². The molecule has 0 radical (unpaired) electrons. The monoisotopic (exact) mass is 188 g/mol. The van der Waals surface area contributed by atoms with E-state index in [0.717, 1.165) is 22.3 Å². The molecule has 0 unspecified atom stereocenters. The van der Waals surface area contributed by atoms with Gasteiger partial charge in [-0.2, -0.15) is 23.5 Å². The highest BCUT2D eigenvalue weighted by Crippen LogP contribution is 2.52. The molecular weight excluding hydrogens is 172 g/mol. The van der Waals surface area contributed by atoms with Gasteiger partial charge in [0, 0.05) is 10.5 Å². The van der Waals surface area contributed by atoms with Gasteiger partial charge in [0.15, 0.2) is 0 Å². The molecule has 0 aromatic rings. The third-order valence-corrected chi connectivity index (χ3v) is 5.93. The fourth-order valence-corrected chi connectivity index (χ4v) is 5.75. The SMILES string of the molecule is CS[C@@H]1[C@H]2CC[C@H](C2)[C@@H]1SC. The fraction of sp³-hybridized carbons (Fsp3) is 1.00. The summed E-state index contributed by atoms with van der Waals surface area (Å²) in [6.45, 7) is 0. The largest absolute Gasteiger partial charge is 0.161 e. The molecule has 0 aliphatic heterocycles. The van der Waals surface area contributed by atoms with E-state index in [0.29, 0.717) is 0 Å². The lowest BCUT2D eigenvalue weighted by Crippen LogP contribution is -2.26. The van der Waals surface area contributed by atoms with Crippen LogP contribution in [0.5, 0.6) is 0 Å². The molecule has 2 saturated carbocycles. The predicted octanol–water partition coefficient (Wildman–Crippen LogP) is 2.88. The van der Waals surface area contributed by atoms with Crippen LogP contribution in [0, 0.1) is 11.8 Å². The molecule has 0 N–H and O–H groups in total. The van der Waals surface area contributed by atoms with Crippen LogP contribution in [-0.4, -0.2) is 23.0 Å². The number of rotatable bonds is 2. The second-order valence-corrected chi connectivity index (χ2v) is 5.77. The van der Waals surface area contributed by atoms with Crippen LogP contribution < -0.4 is 0 Å². The maximum absolute atomic E-state index is 2.29. The van der Waals surface area contributed by atoms with E-state index in [1.165, 1.54) is 19.3 Å². The second kappa shape index (κ2) is 3.21. The van der Waals surface area contributed by atoms with Crippen LogP contribution >= 0.6 is 23.5 Å². The van der Waals surface area contributed by atoms with Crippen LogP contribution in [0.3, 0.4) is 0 Å². The first-order valence-electron chi connectivity index (χ1n) is 4.42. The molecule has 0 nitrogen and oxygen atoms in total. The maximum Gasteiger partial charge on any atom is 0.0194 e. The molecule has 2 bridgehead atoms. The van der Waals surface area contributed by atoms with Crippen molar-refractivity contribution >= 4 is 23.5 Å². The number of hydrogen-bond donors (Lipinski definition) is 0. The lowest BCUT2D eigenvalue weighted by Gasteiger charge is -2.27. The van der Waals surface area contributed by atoms with Gasteiger partial charge in [-0.25, -0.2) is 0 Å². The van der Waals surface area contributed by atoms with Crippen molar-refractivity contribution < 1.29 is 0 Å². The quantitative estimate of drug-likeness (QED) is 0.653. The molecule has 0 amide bonds. The fourth-order valence-electron chi connectivity index (χ4n) is 2.84. The minimum Gasteiger partial charge on any atom is -0.161 e. The van der Waals surface area contributed by atoms with E-state index in [-0.39, 0.29) is 0 Å². The standard InChI is InChI=1S/C9H16S2/c1-10-8-6-3-4-7(5-6)9(8)11-2/h6-9H,3-5H2,1-2H3/t6-,7+,8+,9-. The smallest absolute Gasteiger partial charge is 0.0194 e. The molecule has 0 aromatic carbocycles. The molecule has 2 aliphatic carbocycles. The summed E-state index contributed by atoms with van der Waals surface area (Å²) < 4.78 is 0. The third-order valence-electron chi connectivity index (χ3n) is 3.31. The Labute approximate surface area is 77.9 Å². The van der Waals surface area contributed by atoms with Crippen molar-refractivity contribution in [3.63, 3.8) is 0 Å². The average molecular weight is 188 g/mol. The van der Waals surface area contributed by atoms with Crippen LogP contribution in [0.1, 0.15) is 19.3 Å². The van der Waals surface area contributed by atoms with Gasteiger partial charge < -0.3 is 0 Å². The maximum atomic E-state index is 2.29. The lowest BCUT2D eigenvalue weighted by atomic mass is 10.00. The summed E-state index contributed by atoms with van der Waals surface area (Å²) in [6.07, 6.45) is 9.15. The molecule has 2 rings (SSSR count). The molecule has 0 aromatic heterocycles. The van der Waals surface area contributed by atoms with Crippen molar-refractivity contribution in [3.05, 3.63) is 0 Å². The minimum absolute atomic E-state index is 0.990. The van der Waals surface area contributed by atoms with Crippen LogP contribution in [0.15, 0.2) is 0 Å². The van der Waals surface area contributed by atoms with Crippen LogP contribution in [0.2, 0.25) is 0 Å². The Kier molecular flexibility index (Phi) is 2.43. The topological polar surface area (TPSA) is 0 Å². The Balaban J connectivity index is 2.08. The summed E-state index contributed by atoms with van der Waals surface area (Å²) in [4.78, 5) is 0. The zero-order valence-corrected chi connectivity index (χ0v) is 8.88. The summed E-state index contributed by atoms with van der Waals surface area (Å²) in [7, 11) is 0. The molecule has 11 heavy (non-hydrogen) atoms. The van der Waals surface area contributed by atoms with Crippen LogP contribution in [0.4, 0.5) is 0 Å². The van der Waals surface area contributed by atoms with Crippen molar-refractivity contribution in [1.82, 2.24) is 0 Å². The van der Waals surface area contributed by atoms with Crippen molar-refractivity contribution in [2.24, 2.45) is 11.8 Å². The molecular formula is C9H16S2. The normalized spacial score (nSPS) is 48.5. The molecule has 2 aliphatic rings. The van der Waals surface area contributed by atoms with E-state index in [9.17, 15) is 0 Å². The zero-order chi connectivity index (χ0) is 7.84. The number of hydrogen-bond acceptors (Lipinski definition) is 2. The molecule has 2 heteroatoms. The van der Waals surface area contributed by atoms with Crippen molar-refractivity contribution in [2.75, 3.05) is 12.5 Å². The summed E-state index contributed by atoms with van der Waals surface area (Å²) >= 11 is 4.21. The molecule has 0 heterocycles. The Morgan fingerprint density at radius 1 is 0.909 bits per heavy atom. The van der Waals surface area contributed by atoms with E-state index in [1.807, 2.05) is 0 Å². The van der Waals surface area contributed by atoms with Crippen LogP contribution in [-0.2, 0) is 0 Å². The van der Waals surface area contributed by atoms with E-state index in [2.05, 4.69) is 36.0 Å². The summed E-state index contributed by atoms with van der Waals surface area (Å²) in [5, 5.41) is 1.98. The van der Waals surface area contributed by atoms with E-state index < -0.39 is 0 Å². The molecule has 2 fully saturated rings. The van der Waals surface area contributed by atoms with Gasteiger partial charge in [-0.1, -0.05) is 0 Å². The van der Waals surface area contributed by atoms with Gasteiger partial charge in [-0.15, -0.1) is 0 Å². The van der Waals surface area contributed by atoms with Crippen molar-refractivity contribution in [2.45, 2.75) is 29.8 Å².